The molecule has 2 aromatic carbocycles. The Morgan fingerprint density at radius 3 is 2.40 bits per heavy atom. The van der Waals surface area contributed by atoms with Crippen LogP contribution in [0.25, 0.3) is 0 Å². The van der Waals surface area contributed by atoms with Crippen molar-refractivity contribution in [2.24, 2.45) is 5.92 Å². The average Bonchev–Trinajstić information content (AvgIpc) is 3.33. The average molecular weight is 495 g/mol. The van der Waals surface area contributed by atoms with Crippen molar-refractivity contribution < 1.29 is 19.1 Å². The van der Waals surface area contributed by atoms with Crippen LogP contribution in [0.1, 0.15) is 50.2 Å². The van der Waals surface area contributed by atoms with Gasteiger partial charge in [-0.05, 0) is 36.8 Å². The maximum atomic E-state index is 13.6. The molecule has 2 heterocycles. The Hall–Kier alpha value is -3.46. The van der Waals surface area contributed by atoms with Crippen molar-refractivity contribution in [3.8, 4) is 11.5 Å². The first kappa shape index (κ1) is 24.7. The van der Waals surface area contributed by atoms with Gasteiger partial charge in [0.1, 0.15) is 16.5 Å². The van der Waals surface area contributed by atoms with Gasteiger partial charge >= 0.3 is 0 Å². The second-order valence-electron chi connectivity index (χ2n) is 9.45. The van der Waals surface area contributed by atoms with Gasteiger partial charge in [0.15, 0.2) is 0 Å². The number of carbonyl (C=O) groups excluding carboxylic acids is 2. The van der Waals surface area contributed by atoms with Gasteiger partial charge < -0.3 is 19.7 Å². The molecule has 1 aliphatic heterocycles. The number of ether oxygens (including phenoxy) is 2. The standard InChI is InChI=1S/C26H30N4O4S/c1-26(2,3)24-28-29-25(35-24)27-23(32)19-14-15-21(31)30(16-10-12-17(33-4)13-11-16)22(19)18-8-6-7-9-20(18)34-5/h6-13,19,22H,14-15H2,1-5H3,(H,27,29,32). The Bertz CT molecular complexity index is 1200. The molecule has 0 spiro atoms. The summed E-state index contributed by atoms with van der Waals surface area (Å²) in [4.78, 5) is 28.6. The lowest BCUT2D eigenvalue weighted by Crippen LogP contribution is -2.47. The van der Waals surface area contributed by atoms with E-state index >= 15 is 0 Å². The molecule has 35 heavy (non-hydrogen) atoms. The van der Waals surface area contributed by atoms with Crippen LogP contribution in [0.15, 0.2) is 48.5 Å². The Labute approximate surface area is 209 Å². The molecule has 0 aliphatic carbocycles. The Morgan fingerprint density at radius 1 is 1.06 bits per heavy atom. The Kier molecular flexibility index (Phi) is 7.07. The lowest BCUT2D eigenvalue weighted by molar-refractivity contribution is -0.126. The third-order valence-electron chi connectivity index (χ3n) is 6.04. The Morgan fingerprint density at radius 2 is 1.77 bits per heavy atom. The first-order valence-corrected chi connectivity index (χ1v) is 12.3. The van der Waals surface area contributed by atoms with Crippen LogP contribution in [0.2, 0.25) is 0 Å². The molecule has 184 valence electrons. The Balaban J connectivity index is 1.73. The number of aromatic nitrogens is 2. The molecular weight excluding hydrogens is 464 g/mol. The lowest BCUT2D eigenvalue weighted by atomic mass is 9.82. The molecule has 1 aliphatic rings. The first-order chi connectivity index (χ1) is 16.7. The van der Waals surface area contributed by atoms with Crippen molar-refractivity contribution in [1.82, 2.24) is 10.2 Å². The number of methoxy groups -OCH3 is 2. The quantitative estimate of drug-likeness (QED) is 0.520. The normalized spacial score (nSPS) is 18.3. The predicted octanol–water partition coefficient (Wildman–Crippen LogP) is 4.98. The first-order valence-electron chi connectivity index (χ1n) is 11.5. The smallest absolute Gasteiger partial charge is 0.231 e. The second-order valence-corrected chi connectivity index (χ2v) is 10.4. The number of hydrogen-bond acceptors (Lipinski definition) is 7. The zero-order chi connectivity index (χ0) is 25.2. The number of para-hydroxylation sites is 1. The summed E-state index contributed by atoms with van der Waals surface area (Å²) in [6.07, 6.45) is 0.657. The van der Waals surface area contributed by atoms with Crippen LogP contribution in [0, 0.1) is 5.92 Å². The molecule has 1 fully saturated rings. The fourth-order valence-corrected chi connectivity index (χ4v) is 5.06. The SMILES string of the molecule is COc1ccc(N2C(=O)CCC(C(=O)Nc3nnc(C(C)(C)C)s3)C2c2ccccc2OC)cc1. The molecule has 0 saturated carbocycles. The van der Waals surface area contributed by atoms with E-state index in [1.807, 2.05) is 36.4 Å². The zero-order valence-corrected chi connectivity index (χ0v) is 21.4. The van der Waals surface area contributed by atoms with Gasteiger partial charge in [0, 0.05) is 23.1 Å². The molecule has 2 amide bonds. The number of nitrogens with one attached hydrogen (secondary N) is 1. The molecule has 1 aromatic heterocycles. The van der Waals surface area contributed by atoms with Gasteiger partial charge in [0.05, 0.1) is 26.2 Å². The molecule has 0 bridgehead atoms. The number of benzene rings is 2. The van der Waals surface area contributed by atoms with Crippen LogP contribution in [-0.4, -0.2) is 36.2 Å². The number of rotatable bonds is 6. The lowest BCUT2D eigenvalue weighted by Gasteiger charge is -2.41. The number of amides is 2. The molecule has 1 N–H and O–H groups in total. The summed E-state index contributed by atoms with van der Waals surface area (Å²) in [6, 6.07) is 14.2. The van der Waals surface area contributed by atoms with Gasteiger partial charge in [-0.2, -0.15) is 0 Å². The maximum Gasteiger partial charge on any atom is 0.231 e. The van der Waals surface area contributed by atoms with Crippen molar-refractivity contribution >= 4 is 34.0 Å². The molecule has 2 atom stereocenters. The number of hydrogen-bond donors (Lipinski definition) is 1. The van der Waals surface area contributed by atoms with Crippen LogP contribution in [0.5, 0.6) is 11.5 Å². The van der Waals surface area contributed by atoms with E-state index in [2.05, 4.69) is 36.3 Å². The molecule has 8 nitrogen and oxygen atoms in total. The largest absolute Gasteiger partial charge is 0.497 e. The van der Waals surface area contributed by atoms with Crippen LogP contribution in [0.3, 0.4) is 0 Å². The number of piperidine rings is 1. The summed E-state index contributed by atoms with van der Waals surface area (Å²) in [5.41, 5.74) is 1.30. The van der Waals surface area contributed by atoms with Gasteiger partial charge in [0.2, 0.25) is 16.9 Å². The van der Waals surface area contributed by atoms with E-state index in [9.17, 15) is 9.59 Å². The van der Waals surface area contributed by atoms with E-state index in [-0.39, 0.29) is 23.7 Å². The summed E-state index contributed by atoms with van der Waals surface area (Å²) < 4.78 is 10.9. The van der Waals surface area contributed by atoms with Crippen LogP contribution >= 0.6 is 11.3 Å². The highest BCUT2D eigenvalue weighted by Gasteiger charge is 2.43. The summed E-state index contributed by atoms with van der Waals surface area (Å²) in [7, 11) is 3.18. The van der Waals surface area contributed by atoms with Gasteiger partial charge in [-0.1, -0.05) is 50.3 Å². The van der Waals surface area contributed by atoms with Gasteiger partial charge in [-0.15, -0.1) is 10.2 Å². The van der Waals surface area contributed by atoms with Crippen molar-refractivity contribution in [1.29, 1.82) is 0 Å². The van der Waals surface area contributed by atoms with E-state index in [4.69, 9.17) is 9.47 Å². The van der Waals surface area contributed by atoms with Crippen molar-refractivity contribution in [2.45, 2.75) is 45.1 Å². The minimum atomic E-state index is -0.559. The molecule has 3 aromatic rings. The van der Waals surface area contributed by atoms with Crippen LogP contribution in [-0.2, 0) is 15.0 Å². The fourth-order valence-electron chi connectivity index (χ4n) is 4.26. The van der Waals surface area contributed by atoms with Crippen LogP contribution < -0.4 is 19.7 Å². The third-order valence-corrected chi connectivity index (χ3v) is 7.30. The number of nitrogens with zero attached hydrogens (tertiary/aromatic N) is 3. The van der Waals surface area contributed by atoms with E-state index in [1.165, 1.54) is 11.3 Å². The number of carbonyl (C=O) groups is 2. The topological polar surface area (TPSA) is 93.7 Å². The minimum Gasteiger partial charge on any atom is -0.497 e. The highest BCUT2D eigenvalue weighted by Crippen LogP contribution is 2.44. The third kappa shape index (κ3) is 5.14. The van der Waals surface area contributed by atoms with Crippen LogP contribution in [0.4, 0.5) is 10.8 Å². The minimum absolute atomic E-state index is 0.0546. The van der Waals surface area contributed by atoms with E-state index < -0.39 is 12.0 Å². The molecule has 1 saturated heterocycles. The highest BCUT2D eigenvalue weighted by atomic mass is 32.1. The molecule has 9 heteroatoms. The number of anilines is 2. The molecule has 2 unspecified atom stereocenters. The van der Waals surface area contributed by atoms with E-state index in [0.717, 1.165) is 10.6 Å². The van der Waals surface area contributed by atoms with E-state index in [0.29, 0.717) is 28.7 Å². The molecular formula is C26H30N4O4S. The fraction of sp³-hybridized carbons (Fsp3) is 0.385. The maximum absolute atomic E-state index is 13.6. The monoisotopic (exact) mass is 494 g/mol. The highest BCUT2D eigenvalue weighted by molar-refractivity contribution is 7.15. The molecule has 0 radical (unpaired) electrons. The van der Waals surface area contributed by atoms with Crippen molar-refractivity contribution in [3.05, 3.63) is 59.1 Å². The van der Waals surface area contributed by atoms with Gasteiger partial charge in [-0.25, -0.2) is 0 Å². The second kappa shape index (κ2) is 10.0. The predicted molar refractivity (Wildman–Crippen MR) is 136 cm³/mol. The van der Waals surface area contributed by atoms with Crippen molar-refractivity contribution in [3.63, 3.8) is 0 Å². The summed E-state index contributed by atoms with van der Waals surface area (Å²) in [5.74, 6) is 0.527. The van der Waals surface area contributed by atoms with Gasteiger partial charge in [-0.3, -0.25) is 9.59 Å². The van der Waals surface area contributed by atoms with E-state index in [1.54, 1.807) is 31.3 Å². The summed E-state index contributed by atoms with van der Waals surface area (Å²) in [5, 5.41) is 12.7. The van der Waals surface area contributed by atoms with Gasteiger partial charge in [0.25, 0.3) is 0 Å². The molecule has 4 rings (SSSR count). The summed E-state index contributed by atoms with van der Waals surface area (Å²) in [6.45, 7) is 6.16. The van der Waals surface area contributed by atoms with Crippen molar-refractivity contribution in [2.75, 3.05) is 24.4 Å². The zero-order valence-electron chi connectivity index (χ0n) is 20.6. The summed E-state index contributed by atoms with van der Waals surface area (Å²) >= 11 is 1.37.